The predicted octanol–water partition coefficient (Wildman–Crippen LogP) is 0.419. The van der Waals surface area contributed by atoms with Crippen LogP contribution in [0.3, 0.4) is 0 Å². The van der Waals surface area contributed by atoms with Crippen molar-refractivity contribution < 1.29 is 4.39 Å². The van der Waals surface area contributed by atoms with Gasteiger partial charge in [0.1, 0.15) is 0 Å². The van der Waals surface area contributed by atoms with Gasteiger partial charge in [0.15, 0.2) is 5.15 Å². The zero-order valence-corrected chi connectivity index (χ0v) is 10.5. The van der Waals surface area contributed by atoms with E-state index in [0.717, 1.165) is 4.57 Å². The molecule has 0 aliphatic heterocycles. The molecule has 0 amide bonds. The molecule has 0 saturated heterocycles. The maximum absolute atomic E-state index is 13.3. The molecule has 0 spiro atoms. The fraction of sp³-hybridized carbons (Fsp3) is 0.300. The standard InChI is InChI=1S/C10H10ClFN4O2/c1-5-6(3-15(2)14-5)4-16-9(17)7(12)8(11)13-10(16)18/h3H,4H2,1-2H3,(H,13,18). The van der Waals surface area contributed by atoms with Gasteiger partial charge in [-0.05, 0) is 6.92 Å². The number of halogens is 2. The minimum atomic E-state index is -1.17. The Morgan fingerprint density at radius 3 is 2.72 bits per heavy atom. The van der Waals surface area contributed by atoms with Gasteiger partial charge in [0.05, 0.1) is 12.2 Å². The van der Waals surface area contributed by atoms with Crippen molar-refractivity contribution in [3.05, 3.63) is 49.3 Å². The van der Waals surface area contributed by atoms with E-state index in [9.17, 15) is 14.0 Å². The van der Waals surface area contributed by atoms with Crippen molar-refractivity contribution in [2.75, 3.05) is 0 Å². The summed E-state index contributed by atoms with van der Waals surface area (Å²) < 4.78 is 15.6. The van der Waals surface area contributed by atoms with E-state index in [1.165, 1.54) is 0 Å². The summed E-state index contributed by atoms with van der Waals surface area (Å²) >= 11 is 5.37. The van der Waals surface area contributed by atoms with Crippen molar-refractivity contribution in [3.63, 3.8) is 0 Å². The van der Waals surface area contributed by atoms with Crippen LogP contribution in [0.2, 0.25) is 5.15 Å². The average molecular weight is 273 g/mol. The molecule has 2 heterocycles. The minimum absolute atomic E-state index is 0.0536. The van der Waals surface area contributed by atoms with Gasteiger partial charge in [-0.25, -0.2) is 4.79 Å². The maximum Gasteiger partial charge on any atom is 0.329 e. The van der Waals surface area contributed by atoms with Gasteiger partial charge in [-0.15, -0.1) is 0 Å². The second-order valence-electron chi connectivity index (χ2n) is 3.86. The van der Waals surface area contributed by atoms with E-state index in [4.69, 9.17) is 11.6 Å². The van der Waals surface area contributed by atoms with E-state index in [-0.39, 0.29) is 6.54 Å². The molecule has 0 unspecified atom stereocenters. The van der Waals surface area contributed by atoms with Crippen LogP contribution in [0.25, 0.3) is 0 Å². The topological polar surface area (TPSA) is 72.7 Å². The van der Waals surface area contributed by atoms with E-state index in [2.05, 4.69) is 10.1 Å². The fourth-order valence-corrected chi connectivity index (χ4v) is 1.80. The molecule has 96 valence electrons. The Bertz CT molecular complexity index is 716. The summed E-state index contributed by atoms with van der Waals surface area (Å²) in [6.07, 6.45) is 1.66. The summed E-state index contributed by atoms with van der Waals surface area (Å²) in [6.45, 7) is 1.68. The van der Waals surface area contributed by atoms with Crippen molar-refractivity contribution in [3.8, 4) is 0 Å². The molecule has 0 aliphatic rings. The van der Waals surface area contributed by atoms with Crippen LogP contribution in [0.5, 0.6) is 0 Å². The first-order valence-electron chi connectivity index (χ1n) is 5.07. The highest BCUT2D eigenvalue weighted by Gasteiger charge is 2.14. The number of aryl methyl sites for hydroxylation is 2. The lowest BCUT2D eigenvalue weighted by Gasteiger charge is -2.04. The Morgan fingerprint density at radius 1 is 1.50 bits per heavy atom. The number of aromatic nitrogens is 4. The fourth-order valence-electron chi connectivity index (χ4n) is 1.64. The number of nitrogens with zero attached hydrogens (tertiary/aromatic N) is 3. The molecule has 18 heavy (non-hydrogen) atoms. The Labute approximate surface area is 106 Å². The SMILES string of the molecule is Cc1nn(C)cc1Cn1c(=O)[nH]c(Cl)c(F)c1=O. The Hall–Kier alpha value is -1.89. The highest BCUT2D eigenvalue weighted by molar-refractivity contribution is 6.29. The van der Waals surface area contributed by atoms with Crippen LogP contribution >= 0.6 is 11.6 Å². The molecule has 2 aromatic heterocycles. The molecular weight excluding hydrogens is 263 g/mol. The molecule has 0 bridgehead atoms. The van der Waals surface area contributed by atoms with Crippen LogP contribution in [-0.4, -0.2) is 19.3 Å². The van der Waals surface area contributed by atoms with Crippen LogP contribution in [0.4, 0.5) is 4.39 Å². The van der Waals surface area contributed by atoms with Gasteiger partial charge in [0, 0.05) is 18.8 Å². The summed E-state index contributed by atoms with van der Waals surface area (Å²) in [6, 6.07) is 0. The largest absolute Gasteiger partial charge is 0.329 e. The minimum Gasteiger partial charge on any atom is -0.295 e. The van der Waals surface area contributed by atoms with Crippen molar-refractivity contribution in [1.82, 2.24) is 19.3 Å². The smallest absolute Gasteiger partial charge is 0.295 e. The van der Waals surface area contributed by atoms with Crippen LogP contribution in [0.15, 0.2) is 15.8 Å². The summed E-state index contributed by atoms with van der Waals surface area (Å²) in [5, 5.41) is 3.50. The molecule has 0 radical (unpaired) electrons. The number of nitrogens with one attached hydrogen (secondary N) is 1. The quantitative estimate of drug-likeness (QED) is 0.805. The molecule has 1 N–H and O–H groups in total. The van der Waals surface area contributed by atoms with Crippen LogP contribution in [-0.2, 0) is 13.6 Å². The Morgan fingerprint density at radius 2 is 2.17 bits per heavy atom. The van der Waals surface area contributed by atoms with Gasteiger partial charge >= 0.3 is 5.69 Å². The Balaban J connectivity index is 2.54. The monoisotopic (exact) mass is 272 g/mol. The molecule has 0 aliphatic carbocycles. The average Bonchev–Trinajstić information content (AvgIpc) is 2.60. The lowest BCUT2D eigenvalue weighted by atomic mass is 10.2. The van der Waals surface area contributed by atoms with Gasteiger partial charge in [0.25, 0.3) is 5.56 Å². The van der Waals surface area contributed by atoms with Gasteiger partial charge in [-0.1, -0.05) is 11.6 Å². The second kappa shape index (κ2) is 4.41. The Kier molecular flexibility index (Phi) is 3.08. The highest BCUT2D eigenvalue weighted by Crippen LogP contribution is 2.06. The normalized spacial score (nSPS) is 10.9. The molecule has 2 rings (SSSR count). The third-order valence-electron chi connectivity index (χ3n) is 2.53. The highest BCUT2D eigenvalue weighted by atomic mass is 35.5. The second-order valence-corrected chi connectivity index (χ2v) is 4.24. The van der Waals surface area contributed by atoms with Crippen LogP contribution in [0, 0.1) is 12.7 Å². The summed E-state index contributed by atoms with van der Waals surface area (Å²) in [5.74, 6) is -1.17. The molecule has 6 nitrogen and oxygen atoms in total. The van der Waals surface area contributed by atoms with Crippen molar-refractivity contribution in [2.24, 2.45) is 7.05 Å². The first-order valence-corrected chi connectivity index (χ1v) is 5.45. The summed E-state index contributed by atoms with van der Waals surface area (Å²) in [4.78, 5) is 25.2. The van der Waals surface area contributed by atoms with Gasteiger partial charge < -0.3 is 0 Å². The van der Waals surface area contributed by atoms with E-state index in [1.54, 1.807) is 24.9 Å². The third-order valence-corrected chi connectivity index (χ3v) is 2.79. The van der Waals surface area contributed by atoms with E-state index >= 15 is 0 Å². The number of rotatable bonds is 2. The lowest BCUT2D eigenvalue weighted by Crippen LogP contribution is -2.37. The molecule has 8 heteroatoms. The molecule has 0 fully saturated rings. The third kappa shape index (κ3) is 2.08. The van der Waals surface area contributed by atoms with Crippen molar-refractivity contribution >= 4 is 11.6 Å². The first-order chi connectivity index (χ1) is 8.40. The van der Waals surface area contributed by atoms with Gasteiger partial charge in [0.2, 0.25) is 5.82 Å². The molecule has 0 saturated carbocycles. The number of H-pyrrole nitrogens is 1. The molecular formula is C10H10ClFN4O2. The number of hydrogen-bond donors (Lipinski definition) is 1. The van der Waals surface area contributed by atoms with Crippen LogP contribution < -0.4 is 11.2 Å². The zero-order chi connectivity index (χ0) is 13.4. The number of aromatic amines is 1. The predicted molar refractivity (Wildman–Crippen MR) is 63.3 cm³/mol. The summed E-state index contributed by atoms with van der Waals surface area (Å²) in [7, 11) is 1.71. The maximum atomic E-state index is 13.3. The lowest BCUT2D eigenvalue weighted by molar-refractivity contribution is 0.557. The van der Waals surface area contributed by atoms with Gasteiger partial charge in [-0.3, -0.25) is 19.0 Å². The number of hydrogen-bond acceptors (Lipinski definition) is 3. The van der Waals surface area contributed by atoms with Crippen LogP contribution in [0.1, 0.15) is 11.3 Å². The molecule has 2 aromatic rings. The summed E-state index contributed by atoms with van der Waals surface area (Å²) in [5.41, 5.74) is -0.479. The van der Waals surface area contributed by atoms with E-state index in [0.29, 0.717) is 11.3 Å². The molecule has 0 aromatic carbocycles. The van der Waals surface area contributed by atoms with Crippen molar-refractivity contribution in [2.45, 2.75) is 13.5 Å². The molecule has 0 atom stereocenters. The van der Waals surface area contributed by atoms with E-state index in [1.807, 2.05) is 0 Å². The van der Waals surface area contributed by atoms with Gasteiger partial charge in [-0.2, -0.15) is 9.49 Å². The van der Waals surface area contributed by atoms with Crippen molar-refractivity contribution in [1.29, 1.82) is 0 Å². The van der Waals surface area contributed by atoms with E-state index < -0.39 is 22.2 Å². The first kappa shape index (κ1) is 12.6. The zero-order valence-electron chi connectivity index (χ0n) is 9.70.